The number of hydrogen-bond donors (Lipinski definition) is 1. The van der Waals surface area contributed by atoms with E-state index in [1.165, 1.54) is 6.07 Å². The van der Waals surface area contributed by atoms with E-state index in [1.54, 1.807) is 12.1 Å². The summed E-state index contributed by atoms with van der Waals surface area (Å²) in [4.78, 5) is 4.20. The lowest BCUT2D eigenvalue weighted by atomic mass is 10.0. The molecule has 78 valence electrons. The van der Waals surface area contributed by atoms with E-state index in [1.807, 2.05) is 13.8 Å². The number of hydrogen-bond acceptors (Lipinski definition) is 2. The second-order valence-corrected chi connectivity index (χ2v) is 3.64. The lowest BCUT2D eigenvalue weighted by Gasteiger charge is -2.09. The van der Waals surface area contributed by atoms with E-state index in [0.717, 1.165) is 22.0 Å². The highest BCUT2D eigenvalue weighted by Crippen LogP contribution is 2.25. The molecule has 2 rings (SSSR count). The van der Waals surface area contributed by atoms with Gasteiger partial charge in [-0.3, -0.25) is 0 Å². The Morgan fingerprint density at radius 2 is 2.13 bits per heavy atom. The van der Waals surface area contributed by atoms with Gasteiger partial charge in [0.05, 0.1) is 5.52 Å². The number of nitrogens with zero attached hydrogens (tertiary/aromatic N) is 1. The average molecular weight is 204 g/mol. The minimum absolute atomic E-state index is 0.167. The number of benzene rings is 1. The molecule has 0 radical (unpaired) electrons. The summed E-state index contributed by atoms with van der Waals surface area (Å²) in [5.41, 5.74) is 8.12. The first kappa shape index (κ1) is 9.90. The molecule has 0 fully saturated rings. The van der Waals surface area contributed by atoms with Crippen molar-refractivity contribution in [3.05, 3.63) is 35.1 Å². The fourth-order valence-electron chi connectivity index (χ4n) is 1.95. The maximum Gasteiger partial charge on any atom is 0.127 e. The molecule has 15 heavy (non-hydrogen) atoms. The van der Waals surface area contributed by atoms with Crippen LogP contribution in [0.25, 0.3) is 10.9 Å². The fraction of sp³-hybridized carbons (Fsp3) is 0.250. The first-order chi connectivity index (χ1) is 7.13. The van der Waals surface area contributed by atoms with Gasteiger partial charge < -0.3 is 5.73 Å². The van der Waals surface area contributed by atoms with Crippen LogP contribution in [0.5, 0.6) is 0 Å². The lowest BCUT2D eigenvalue weighted by molar-refractivity contribution is 0.615. The highest BCUT2D eigenvalue weighted by molar-refractivity contribution is 5.87. The second kappa shape index (κ2) is 3.50. The maximum atomic E-state index is 13.5. The van der Waals surface area contributed by atoms with Gasteiger partial charge >= 0.3 is 0 Å². The predicted octanol–water partition coefficient (Wildman–Crippen LogP) is 2.83. The predicted molar refractivity (Wildman–Crippen MR) is 60.2 cm³/mol. The topological polar surface area (TPSA) is 38.9 Å². The van der Waals surface area contributed by atoms with Crippen molar-refractivity contribution < 1.29 is 4.39 Å². The van der Waals surface area contributed by atoms with Crippen LogP contribution in [0.15, 0.2) is 18.2 Å². The third-order valence-corrected chi connectivity index (χ3v) is 2.60. The van der Waals surface area contributed by atoms with Crippen molar-refractivity contribution in [3.8, 4) is 0 Å². The van der Waals surface area contributed by atoms with Crippen molar-refractivity contribution in [3.63, 3.8) is 0 Å². The van der Waals surface area contributed by atoms with Gasteiger partial charge in [0.15, 0.2) is 0 Å². The monoisotopic (exact) mass is 204 g/mol. The molecule has 1 heterocycles. The standard InChI is InChI=1S/C12H13FN2/c1-3-8-9(13)4-5-10-12(8)7(2)6-11(14)15-10/h4-6H,3H2,1-2H3,(H2,14,15). The normalized spacial score (nSPS) is 10.9. The summed E-state index contributed by atoms with van der Waals surface area (Å²) in [6.45, 7) is 3.87. The average Bonchev–Trinajstić information content (AvgIpc) is 2.18. The van der Waals surface area contributed by atoms with Crippen LogP contribution in [-0.4, -0.2) is 4.98 Å². The van der Waals surface area contributed by atoms with Gasteiger partial charge in [-0.1, -0.05) is 6.92 Å². The Balaban J connectivity index is 2.91. The van der Waals surface area contributed by atoms with Gasteiger partial charge in [0, 0.05) is 5.39 Å². The zero-order valence-electron chi connectivity index (χ0n) is 8.84. The van der Waals surface area contributed by atoms with Crippen molar-refractivity contribution in [2.45, 2.75) is 20.3 Å². The Labute approximate surface area is 87.9 Å². The second-order valence-electron chi connectivity index (χ2n) is 3.64. The molecule has 0 spiro atoms. The minimum Gasteiger partial charge on any atom is -0.384 e. The van der Waals surface area contributed by atoms with E-state index in [4.69, 9.17) is 5.73 Å². The summed E-state index contributed by atoms with van der Waals surface area (Å²) in [5, 5.41) is 0.895. The maximum absolute atomic E-state index is 13.5. The minimum atomic E-state index is -0.167. The van der Waals surface area contributed by atoms with E-state index in [9.17, 15) is 4.39 Å². The molecule has 2 N–H and O–H groups in total. The van der Waals surface area contributed by atoms with Crippen LogP contribution in [0, 0.1) is 12.7 Å². The number of aryl methyl sites for hydroxylation is 2. The number of nitrogens with two attached hydrogens (primary N) is 1. The summed E-state index contributed by atoms with van der Waals surface area (Å²) in [5.74, 6) is 0.313. The smallest absolute Gasteiger partial charge is 0.127 e. The SMILES string of the molecule is CCc1c(F)ccc2nc(N)cc(C)c12. The summed E-state index contributed by atoms with van der Waals surface area (Å²) in [6.07, 6.45) is 0.662. The van der Waals surface area contributed by atoms with E-state index in [-0.39, 0.29) is 5.82 Å². The Morgan fingerprint density at radius 3 is 2.80 bits per heavy atom. The van der Waals surface area contributed by atoms with Gasteiger partial charge in [-0.15, -0.1) is 0 Å². The number of nitrogen functional groups attached to an aromatic ring is 1. The third-order valence-electron chi connectivity index (χ3n) is 2.60. The molecule has 1 aromatic heterocycles. The quantitative estimate of drug-likeness (QED) is 0.775. The van der Waals surface area contributed by atoms with Crippen LogP contribution in [0.3, 0.4) is 0 Å². The van der Waals surface area contributed by atoms with Crippen LogP contribution in [0.1, 0.15) is 18.1 Å². The van der Waals surface area contributed by atoms with Gasteiger partial charge in [0.1, 0.15) is 11.6 Å². The van der Waals surface area contributed by atoms with E-state index < -0.39 is 0 Å². The van der Waals surface area contributed by atoms with E-state index >= 15 is 0 Å². The van der Waals surface area contributed by atoms with E-state index in [0.29, 0.717) is 12.2 Å². The molecule has 3 heteroatoms. The molecule has 2 nitrogen and oxygen atoms in total. The summed E-state index contributed by atoms with van der Waals surface area (Å²) >= 11 is 0. The van der Waals surface area contributed by atoms with Crippen molar-refractivity contribution >= 4 is 16.7 Å². The zero-order chi connectivity index (χ0) is 11.0. The highest BCUT2D eigenvalue weighted by atomic mass is 19.1. The largest absolute Gasteiger partial charge is 0.384 e. The Bertz CT molecular complexity index is 521. The summed E-state index contributed by atoms with van der Waals surface area (Å²) in [7, 11) is 0. The van der Waals surface area contributed by atoms with Gasteiger partial charge in [0.2, 0.25) is 0 Å². The molecule has 0 bridgehead atoms. The molecule has 0 aliphatic rings. The molecule has 0 amide bonds. The molecule has 0 aliphatic carbocycles. The Morgan fingerprint density at radius 1 is 1.40 bits per heavy atom. The summed E-state index contributed by atoms with van der Waals surface area (Å²) < 4.78 is 13.5. The Kier molecular flexibility index (Phi) is 2.31. The fourth-order valence-corrected chi connectivity index (χ4v) is 1.95. The zero-order valence-corrected chi connectivity index (χ0v) is 8.84. The molecule has 0 unspecified atom stereocenters. The molecule has 1 aromatic carbocycles. The van der Waals surface area contributed by atoms with Gasteiger partial charge in [-0.2, -0.15) is 0 Å². The molecular formula is C12H13FN2. The number of rotatable bonds is 1. The Hall–Kier alpha value is -1.64. The highest BCUT2D eigenvalue weighted by Gasteiger charge is 2.09. The molecular weight excluding hydrogens is 191 g/mol. The first-order valence-electron chi connectivity index (χ1n) is 4.97. The van der Waals surface area contributed by atoms with Crippen molar-refractivity contribution in [2.75, 3.05) is 5.73 Å². The van der Waals surface area contributed by atoms with Crippen LogP contribution < -0.4 is 5.73 Å². The van der Waals surface area contributed by atoms with Crippen LogP contribution in [0.4, 0.5) is 10.2 Å². The van der Waals surface area contributed by atoms with Crippen molar-refractivity contribution in [1.29, 1.82) is 0 Å². The lowest BCUT2D eigenvalue weighted by Crippen LogP contribution is -1.97. The van der Waals surface area contributed by atoms with Gasteiger partial charge in [0.25, 0.3) is 0 Å². The molecule has 0 saturated carbocycles. The van der Waals surface area contributed by atoms with Crippen molar-refractivity contribution in [2.24, 2.45) is 0 Å². The number of fused-ring (bicyclic) bond motifs is 1. The molecule has 0 atom stereocenters. The van der Waals surface area contributed by atoms with Crippen LogP contribution >= 0.6 is 0 Å². The number of halogens is 1. The number of anilines is 1. The van der Waals surface area contributed by atoms with Crippen LogP contribution in [0.2, 0.25) is 0 Å². The molecule has 0 saturated heterocycles. The third kappa shape index (κ3) is 1.54. The van der Waals surface area contributed by atoms with Crippen molar-refractivity contribution in [1.82, 2.24) is 4.98 Å². The molecule has 2 aromatic rings. The van der Waals surface area contributed by atoms with E-state index in [2.05, 4.69) is 4.98 Å². The summed E-state index contributed by atoms with van der Waals surface area (Å²) in [6, 6.07) is 4.90. The first-order valence-corrected chi connectivity index (χ1v) is 4.97. The number of pyridine rings is 1. The van der Waals surface area contributed by atoms with Gasteiger partial charge in [-0.25, -0.2) is 9.37 Å². The molecule has 0 aliphatic heterocycles. The van der Waals surface area contributed by atoms with Crippen LogP contribution in [-0.2, 0) is 6.42 Å². The van der Waals surface area contributed by atoms with Gasteiger partial charge in [-0.05, 0) is 42.7 Å². The number of aromatic nitrogens is 1.